The van der Waals surface area contributed by atoms with Gasteiger partial charge < -0.3 is 19.2 Å². The maximum Gasteiger partial charge on any atom is 0.277 e. The number of hydrogen-bond acceptors (Lipinski definition) is 7. The van der Waals surface area contributed by atoms with Crippen molar-refractivity contribution in [1.29, 1.82) is 0 Å². The minimum atomic E-state index is -0.251. The molecule has 0 aliphatic rings. The van der Waals surface area contributed by atoms with Gasteiger partial charge in [0.05, 0.1) is 30.2 Å². The molecular weight excluding hydrogens is 485 g/mol. The van der Waals surface area contributed by atoms with Crippen LogP contribution in [-0.2, 0) is 11.2 Å². The van der Waals surface area contributed by atoms with Crippen molar-refractivity contribution in [2.45, 2.75) is 18.1 Å². The van der Waals surface area contributed by atoms with Crippen LogP contribution in [0.15, 0.2) is 46.0 Å². The lowest BCUT2D eigenvalue weighted by atomic mass is 10.3. The molecule has 2 aromatic carbocycles. The number of aromatic nitrogens is 2. The van der Waals surface area contributed by atoms with E-state index in [0.717, 1.165) is 11.8 Å². The van der Waals surface area contributed by atoms with Crippen LogP contribution in [0.2, 0.25) is 15.1 Å². The summed E-state index contributed by atoms with van der Waals surface area (Å²) in [6, 6.07) is 10.0. The number of methoxy groups -OCH3 is 1. The Morgan fingerprint density at radius 3 is 2.58 bits per heavy atom. The highest BCUT2D eigenvalue weighted by atomic mass is 35.5. The van der Waals surface area contributed by atoms with Crippen LogP contribution >= 0.6 is 46.6 Å². The summed E-state index contributed by atoms with van der Waals surface area (Å²) in [4.78, 5) is 12.2. The van der Waals surface area contributed by atoms with Crippen molar-refractivity contribution in [3.05, 3.63) is 57.4 Å². The van der Waals surface area contributed by atoms with Gasteiger partial charge in [0.15, 0.2) is 0 Å². The number of halogens is 3. The first-order valence-electron chi connectivity index (χ1n) is 9.11. The van der Waals surface area contributed by atoms with Crippen molar-refractivity contribution >= 4 is 58.2 Å². The summed E-state index contributed by atoms with van der Waals surface area (Å²) in [5, 5.41) is 12.5. The lowest BCUT2D eigenvalue weighted by Crippen LogP contribution is -2.14. The van der Waals surface area contributed by atoms with E-state index in [0.29, 0.717) is 62.8 Å². The zero-order valence-corrected chi connectivity index (χ0v) is 19.4. The topological polar surface area (TPSA) is 86.5 Å². The number of carbonyl (C=O) groups excluding carboxylic acids is 1. The van der Waals surface area contributed by atoms with Crippen LogP contribution in [0.3, 0.4) is 0 Å². The summed E-state index contributed by atoms with van der Waals surface area (Å²) in [5.74, 6) is 1.39. The molecule has 1 aromatic heterocycles. The minimum Gasteiger partial charge on any atom is -0.495 e. The normalized spacial score (nSPS) is 10.7. The summed E-state index contributed by atoms with van der Waals surface area (Å²) < 4.78 is 16.4. The fraction of sp³-hybridized carbons (Fsp3) is 0.250. The highest BCUT2D eigenvalue weighted by Crippen LogP contribution is 2.29. The lowest BCUT2D eigenvalue weighted by molar-refractivity contribution is -0.113. The fourth-order valence-corrected chi connectivity index (χ4v) is 3.70. The number of nitrogens with zero attached hydrogens (tertiary/aromatic N) is 2. The van der Waals surface area contributed by atoms with Crippen molar-refractivity contribution in [3.8, 4) is 11.5 Å². The van der Waals surface area contributed by atoms with E-state index >= 15 is 0 Å². The van der Waals surface area contributed by atoms with Gasteiger partial charge in [0.1, 0.15) is 11.5 Å². The maximum atomic E-state index is 12.2. The molecular formula is C20H18Cl3N3O4S. The van der Waals surface area contributed by atoms with Crippen molar-refractivity contribution in [2.75, 3.05) is 24.8 Å². The second-order valence-electron chi connectivity index (χ2n) is 6.17. The number of rotatable bonds is 10. The summed E-state index contributed by atoms with van der Waals surface area (Å²) in [7, 11) is 1.52. The molecule has 0 atom stereocenters. The van der Waals surface area contributed by atoms with Crippen LogP contribution in [0.1, 0.15) is 12.3 Å². The number of amides is 1. The van der Waals surface area contributed by atoms with Gasteiger partial charge in [0.25, 0.3) is 5.22 Å². The van der Waals surface area contributed by atoms with E-state index < -0.39 is 0 Å². The molecule has 0 saturated carbocycles. The highest BCUT2D eigenvalue weighted by molar-refractivity contribution is 7.99. The molecule has 0 unspecified atom stereocenters. The Labute approximate surface area is 198 Å². The third-order valence-corrected chi connectivity index (χ3v) is 5.48. The second kappa shape index (κ2) is 11.5. The van der Waals surface area contributed by atoms with Crippen LogP contribution < -0.4 is 14.8 Å². The monoisotopic (exact) mass is 501 g/mol. The van der Waals surface area contributed by atoms with Gasteiger partial charge in [-0.05, 0) is 42.8 Å². The molecule has 31 heavy (non-hydrogen) atoms. The standard InChI is InChI=1S/C20H18Cl3N3O4S/c1-28-17-7-5-13(22)10-15(17)24-18(27)11-31-20-26-25-19(30-20)3-2-8-29-16-6-4-12(21)9-14(16)23/h4-7,9-10H,2-3,8,11H2,1H3,(H,24,27). The molecule has 11 heteroatoms. The molecule has 0 saturated heterocycles. The summed E-state index contributed by atoms with van der Waals surface area (Å²) in [6.45, 7) is 0.427. The van der Waals surface area contributed by atoms with E-state index in [2.05, 4.69) is 15.5 Å². The molecule has 3 rings (SSSR count). The molecule has 0 spiro atoms. The number of thioether (sulfide) groups is 1. The van der Waals surface area contributed by atoms with E-state index in [1.165, 1.54) is 7.11 Å². The molecule has 3 aromatic rings. The van der Waals surface area contributed by atoms with Crippen molar-refractivity contribution < 1.29 is 18.7 Å². The molecule has 7 nitrogen and oxygen atoms in total. The van der Waals surface area contributed by atoms with E-state index in [9.17, 15) is 4.79 Å². The first kappa shape index (κ1) is 23.5. The summed E-state index contributed by atoms with van der Waals surface area (Å²) in [5.41, 5.74) is 0.493. The zero-order valence-electron chi connectivity index (χ0n) is 16.4. The lowest BCUT2D eigenvalue weighted by Gasteiger charge is -2.09. The Morgan fingerprint density at radius 1 is 1.10 bits per heavy atom. The van der Waals surface area contributed by atoms with Gasteiger partial charge in [-0.3, -0.25) is 4.79 Å². The van der Waals surface area contributed by atoms with Crippen molar-refractivity contribution in [2.24, 2.45) is 0 Å². The number of ether oxygens (including phenoxy) is 2. The van der Waals surface area contributed by atoms with Gasteiger partial charge in [0, 0.05) is 16.5 Å². The molecule has 164 valence electrons. The van der Waals surface area contributed by atoms with Crippen LogP contribution in [0.5, 0.6) is 11.5 Å². The molecule has 1 amide bonds. The molecule has 0 aliphatic heterocycles. The predicted molar refractivity (Wildman–Crippen MR) is 122 cm³/mol. The number of hydrogen-bond donors (Lipinski definition) is 1. The van der Waals surface area contributed by atoms with Crippen molar-refractivity contribution in [1.82, 2.24) is 10.2 Å². The highest BCUT2D eigenvalue weighted by Gasteiger charge is 2.12. The number of anilines is 1. The second-order valence-corrected chi connectivity index (χ2v) is 8.38. The van der Waals surface area contributed by atoms with E-state index in [1.54, 1.807) is 36.4 Å². The Balaban J connectivity index is 1.41. The van der Waals surface area contributed by atoms with E-state index in [4.69, 9.17) is 48.7 Å². The Hall–Kier alpha value is -2.13. The number of benzene rings is 2. The van der Waals surface area contributed by atoms with Crippen LogP contribution in [-0.4, -0.2) is 35.6 Å². The fourth-order valence-electron chi connectivity index (χ4n) is 2.49. The SMILES string of the molecule is COc1ccc(Cl)cc1NC(=O)CSc1nnc(CCCOc2ccc(Cl)cc2Cl)o1. The number of carbonyl (C=O) groups is 1. The van der Waals surface area contributed by atoms with Gasteiger partial charge >= 0.3 is 0 Å². The third kappa shape index (κ3) is 7.21. The van der Waals surface area contributed by atoms with Gasteiger partial charge in [-0.1, -0.05) is 46.6 Å². The molecule has 0 fully saturated rings. The van der Waals surface area contributed by atoms with Gasteiger partial charge in [-0.15, -0.1) is 10.2 Å². The third-order valence-electron chi connectivity index (χ3n) is 3.90. The van der Waals surface area contributed by atoms with Crippen LogP contribution in [0.4, 0.5) is 5.69 Å². The average molecular weight is 503 g/mol. The van der Waals surface area contributed by atoms with E-state index in [-0.39, 0.29) is 11.7 Å². The van der Waals surface area contributed by atoms with Gasteiger partial charge in [-0.2, -0.15) is 0 Å². The van der Waals surface area contributed by atoms with Crippen molar-refractivity contribution in [3.63, 3.8) is 0 Å². The first-order chi connectivity index (χ1) is 14.9. The summed E-state index contributed by atoms with van der Waals surface area (Å²) in [6.07, 6.45) is 1.19. The van der Waals surface area contributed by atoms with Crippen LogP contribution in [0, 0.1) is 0 Å². The first-order valence-corrected chi connectivity index (χ1v) is 11.2. The van der Waals surface area contributed by atoms with Gasteiger partial charge in [-0.25, -0.2) is 0 Å². The molecule has 0 bridgehead atoms. The van der Waals surface area contributed by atoms with Crippen LogP contribution in [0.25, 0.3) is 0 Å². The average Bonchev–Trinajstić information content (AvgIpc) is 3.19. The zero-order chi connectivity index (χ0) is 22.2. The van der Waals surface area contributed by atoms with Gasteiger partial charge in [0.2, 0.25) is 11.8 Å². The largest absolute Gasteiger partial charge is 0.495 e. The molecule has 0 radical (unpaired) electrons. The minimum absolute atomic E-state index is 0.0927. The Kier molecular flexibility index (Phi) is 8.71. The smallest absolute Gasteiger partial charge is 0.277 e. The summed E-state index contributed by atoms with van der Waals surface area (Å²) >= 11 is 19.0. The number of aryl methyl sites for hydroxylation is 1. The van der Waals surface area contributed by atoms with E-state index in [1.807, 2.05) is 0 Å². The quantitative estimate of drug-likeness (QED) is 0.278. The molecule has 1 N–H and O–H groups in total. The Morgan fingerprint density at radius 2 is 1.84 bits per heavy atom. The number of nitrogens with one attached hydrogen (secondary N) is 1. The molecule has 1 heterocycles. The predicted octanol–water partition coefficient (Wildman–Crippen LogP) is 5.78. The molecule has 0 aliphatic carbocycles. The Bertz CT molecular complexity index is 1050. The maximum absolute atomic E-state index is 12.2.